The van der Waals surface area contributed by atoms with Gasteiger partial charge in [0, 0.05) is 16.1 Å². The van der Waals surface area contributed by atoms with Gasteiger partial charge in [0.25, 0.3) is 5.91 Å². The second-order valence-electron chi connectivity index (χ2n) is 4.49. The molecular weight excluding hydrogens is 287 g/mol. The van der Waals surface area contributed by atoms with Crippen molar-refractivity contribution in [2.45, 2.75) is 18.9 Å². The molecule has 19 heavy (non-hydrogen) atoms. The fraction of sp³-hybridized carbons (Fsp3) is 0.462. The van der Waals surface area contributed by atoms with Crippen LogP contribution in [0.15, 0.2) is 18.2 Å². The van der Waals surface area contributed by atoms with E-state index in [2.05, 4.69) is 10.6 Å². The van der Waals surface area contributed by atoms with E-state index in [-0.39, 0.29) is 18.6 Å². The first-order valence-electron chi connectivity index (χ1n) is 6.22. The van der Waals surface area contributed by atoms with Crippen molar-refractivity contribution in [3.8, 4) is 5.75 Å². The van der Waals surface area contributed by atoms with Crippen molar-refractivity contribution in [1.82, 2.24) is 10.6 Å². The molecule has 0 spiro atoms. The van der Waals surface area contributed by atoms with Gasteiger partial charge in [-0.2, -0.15) is 0 Å². The van der Waals surface area contributed by atoms with Crippen LogP contribution in [0.3, 0.4) is 0 Å². The number of halogens is 2. The Morgan fingerprint density at radius 3 is 2.53 bits per heavy atom. The van der Waals surface area contributed by atoms with Crippen molar-refractivity contribution in [2.24, 2.45) is 0 Å². The third kappa shape index (κ3) is 4.90. The minimum absolute atomic E-state index is 0.0272. The molecule has 1 aliphatic rings. The van der Waals surface area contributed by atoms with Crippen LogP contribution in [0.1, 0.15) is 12.8 Å². The third-order valence-electron chi connectivity index (χ3n) is 2.91. The summed E-state index contributed by atoms with van der Waals surface area (Å²) >= 11 is 11.7. The molecule has 6 heteroatoms. The molecule has 0 bridgehead atoms. The highest BCUT2D eigenvalue weighted by molar-refractivity contribution is 6.34. The lowest BCUT2D eigenvalue weighted by Crippen LogP contribution is -2.44. The maximum atomic E-state index is 11.7. The van der Waals surface area contributed by atoms with Crippen LogP contribution in [0.25, 0.3) is 0 Å². The Hall–Kier alpha value is -0.970. The van der Waals surface area contributed by atoms with Crippen LogP contribution in [0.2, 0.25) is 10.0 Å². The number of piperidine rings is 1. The van der Waals surface area contributed by atoms with Crippen LogP contribution in [0, 0.1) is 0 Å². The van der Waals surface area contributed by atoms with Gasteiger partial charge in [0.15, 0.2) is 6.61 Å². The number of amides is 1. The molecular formula is C13H16Cl2N2O2. The van der Waals surface area contributed by atoms with Crippen LogP contribution in [0.5, 0.6) is 5.75 Å². The van der Waals surface area contributed by atoms with Crippen molar-refractivity contribution in [2.75, 3.05) is 19.7 Å². The second kappa shape index (κ2) is 6.98. The van der Waals surface area contributed by atoms with Crippen LogP contribution in [-0.2, 0) is 4.79 Å². The average Bonchev–Trinajstić information content (AvgIpc) is 2.36. The van der Waals surface area contributed by atoms with Crippen molar-refractivity contribution in [3.63, 3.8) is 0 Å². The number of hydrogen-bond acceptors (Lipinski definition) is 3. The van der Waals surface area contributed by atoms with Gasteiger partial charge in [0.1, 0.15) is 5.75 Å². The van der Waals surface area contributed by atoms with E-state index in [1.807, 2.05) is 0 Å². The number of nitrogens with one attached hydrogen (secondary N) is 2. The molecule has 0 aromatic heterocycles. The highest BCUT2D eigenvalue weighted by Crippen LogP contribution is 2.24. The van der Waals surface area contributed by atoms with Gasteiger partial charge < -0.3 is 15.4 Å². The highest BCUT2D eigenvalue weighted by atomic mass is 35.5. The zero-order valence-corrected chi connectivity index (χ0v) is 11.9. The van der Waals surface area contributed by atoms with E-state index in [0.717, 1.165) is 25.9 Å². The maximum Gasteiger partial charge on any atom is 0.258 e. The van der Waals surface area contributed by atoms with Gasteiger partial charge >= 0.3 is 0 Å². The van der Waals surface area contributed by atoms with E-state index >= 15 is 0 Å². The Labute approximate surface area is 122 Å². The molecule has 104 valence electrons. The van der Waals surface area contributed by atoms with Gasteiger partial charge in [0.05, 0.1) is 0 Å². The lowest BCUT2D eigenvalue weighted by Gasteiger charge is -2.23. The summed E-state index contributed by atoms with van der Waals surface area (Å²) in [5.41, 5.74) is 0. The SMILES string of the molecule is O=C(COc1cc(Cl)cc(Cl)c1)NC1CCNCC1. The van der Waals surface area contributed by atoms with Gasteiger partial charge in [0.2, 0.25) is 0 Å². The van der Waals surface area contributed by atoms with E-state index in [1.165, 1.54) is 0 Å². The van der Waals surface area contributed by atoms with Gasteiger partial charge in [-0.3, -0.25) is 4.79 Å². The predicted octanol–water partition coefficient (Wildman–Crippen LogP) is 2.24. The number of benzene rings is 1. The molecule has 1 aromatic rings. The van der Waals surface area contributed by atoms with Crippen LogP contribution >= 0.6 is 23.2 Å². The molecule has 1 aromatic carbocycles. The zero-order chi connectivity index (χ0) is 13.7. The van der Waals surface area contributed by atoms with E-state index in [4.69, 9.17) is 27.9 Å². The highest BCUT2D eigenvalue weighted by Gasteiger charge is 2.15. The van der Waals surface area contributed by atoms with E-state index in [0.29, 0.717) is 15.8 Å². The van der Waals surface area contributed by atoms with Crippen molar-refractivity contribution >= 4 is 29.1 Å². The molecule has 1 heterocycles. The van der Waals surface area contributed by atoms with E-state index < -0.39 is 0 Å². The molecule has 0 radical (unpaired) electrons. The molecule has 0 unspecified atom stereocenters. The van der Waals surface area contributed by atoms with Gasteiger partial charge in [-0.05, 0) is 44.1 Å². The molecule has 1 amide bonds. The molecule has 0 saturated carbocycles. The maximum absolute atomic E-state index is 11.7. The van der Waals surface area contributed by atoms with Gasteiger partial charge in [-0.15, -0.1) is 0 Å². The minimum atomic E-state index is -0.122. The van der Waals surface area contributed by atoms with Crippen LogP contribution in [0.4, 0.5) is 0 Å². The summed E-state index contributed by atoms with van der Waals surface area (Å²) < 4.78 is 5.37. The second-order valence-corrected chi connectivity index (χ2v) is 5.36. The molecule has 0 atom stereocenters. The fourth-order valence-electron chi connectivity index (χ4n) is 2.00. The molecule has 2 N–H and O–H groups in total. The molecule has 1 aliphatic heterocycles. The van der Waals surface area contributed by atoms with E-state index in [9.17, 15) is 4.79 Å². The molecule has 4 nitrogen and oxygen atoms in total. The topological polar surface area (TPSA) is 50.4 Å². The smallest absolute Gasteiger partial charge is 0.258 e. The Bertz CT molecular complexity index is 428. The average molecular weight is 303 g/mol. The third-order valence-corrected chi connectivity index (χ3v) is 3.35. The lowest BCUT2D eigenvalue weighted by atomic mass is 10.1. The lowest BCUT2D eigenvalue weighted by molar-refractivity contribution is -0.123. The van der Waals surface area contributed by atoms with Gasteiger partial charge in [-0.1, -0.05) is 23.2 Å². The first-order valence-corrected chi connectivity index (χ1v) is 6.98. The number of carbonyl (C=O) groups excluding carboxylic acids is 1. The van der Waals surface area contributed by atoms with Crippen molar-refractivity contribution in [1.29, 1.82) is 0 Å². The molecule has 0 aliphatic carbocycles. The number of rotatable bonds is 4. The Kier molecular flexibility index (Phi) is 5.31. The Morgan fingerprint density at radius 2 is 1.89 bits per heavy atom. The number of ether oxygens (including phenoxy) is 1. The monoisotopic (exact) mass is 302 g/mol. The summed E-state index contributed by atoms with van der Waals surface area (Å²) in [6, 6.07) is 5.11. The quantitative estimate of drug-likeness (QED) is 0.897. The summed E-state index contributed by atoms with van der Waals surface area (Å²) in [5, 5.41) is 7.17. The number of hydrogen-bond donors (Lipinski definition) is 2. The summed E-state index contributed by atoms with van der Waals surface area (Å²) in [5.74, 6) is 0.376. The van der Waals surface area contributed by atoms with Crippen LogP contribution < -0.4 is 15.4 Å². The predicted molar refractivity (Wildman–Crippen MR) is 76.0 cm³/mol. The van der Waals surface area contributed by atoms with Gasteiger partial charge in [-0.25, -0.2) is 0 Å². The normalized spacial score (nSPS) is 16.1. The summed E-state index contributed by atoms with van der Waals surface area (Å²) in [6.45, 7) is 1.85. The standard InChI is InChI=1S/C13H16Cl2N2O2/c14-9-5-10(15)7-12(6-9)19-8-13(18)17-11-1-3-16-4-2-11/h5-7,11,16H,1-4,8H2,(H,17,18). The summed E-state index contributed by atoms with van der Waals surface area (Å²) in [7, 11) is 0. The fourth-order valence-corrected chi connectivity index (χ4v) is 2.50. The Morgan fingerprint density at radius 1 is 1.26 bits per heavy atom. The van der Waals surface area contributed by atoms with E-state index in [1.54, 1.807) is 18.2 Å². The van der Waals surface area contributed by atoms with Crippen LogP contribution in [-0.4, -0.2) is 31.6 Å². The molecule has 1 saturated heterocycles. The molecule has 1 fully saturated rings. The zero-order valence-electron chi connectivity index (χ0n) is 10.4. The first kappa shape index (κ1) is 14.4. The minimum Gasteiger partial charge on any atom is -0.484 e. The Balaban J connectivity index is 1.79. The van der Waals surface area contributed by atoms with Crippen molar-refractivity contribution in [3.05, 3.63) is 28.2 Å². The van der Waals surface area contributed by atoms with Crippen molar-refractivity contribution < 1.29 is 9.53 Å². The summed E-state index contributed by atoms with van der Waals surface area (Å²) in [6.07, 6.45) is 1.91. The first-order chi connectivity index (χ1) is 9.13. The summed E-state index contributed by atoms with van der Waals surface area (Å²) in [4.78, 5) is 11.7. The molecule has 2 rings (SSSR count). The largest absolute Gasteiger partial charge is 0.484 e. The number of carbonyl (C=O) groups is 1.